The van der Waals surface area contributed by atoms with E-state index in [0.29, 0.717) is 25.7 Å². The molecule has 1 amide bonds. The molecule has 0 bridgehead atoms. The summed E-state index contributed by atoms with van der Waals surface area (Å²) in [5.41, 5.74) is 0. The molecule has 2 N–H and O–H groups in total. The summed E-state index contributed by atoms with van der Waals surface area (Å²) >= 11 is 0. The Kier molecular flexibility index (Phi) is 6.37. The number of nitrogens with one attached hydrogen (secondary N) is 1. The van der Waals surface area contributed by atoms with Crippen LogP contribution in [0.15, 0.2) is 0 Å². The van der Waals surface area contributed by atoms with Crippen molar-refractivity contribution in [1.29, 1.82) is 0 Å². The normalized spacial score (nSPS) is 21.1. The van der Waals surface area contributed by atoms with Crippen LogP contribution in [-0.2, 0) is 9.53 Å². The number of hydrogen-bond donors (Lipinski definition) is 2. The van der Waals surface area contributed by atoms with Crippen molar-refractivity contribution in [1.82, 2.24) is 10.2 Å². The van der Waals surface area contributed by atoms with E-state index < -0.39 is 0 Å². The van der Waals surface area contributed by atoms with Gasteiger partial charge in [0.15, 0.2) is 0 Å². The molecule has 5 heteroatoms. The van der Waals surface area contributed by atoms with Gasteiger partial charge in [0, 0.05) is 38.7 Å². The molecule has 94 valence electrons. The van der Waals surface area contributed by atoms with Crippen LogP contribution < -0.4 is 5.32 Å². The van der Waals surface area contributed by atoms with Crippen LogP contribution in [0.4, 0.5) is 0 Å². The van der Waals surface area contributed by atoms with E-state index in [1.165, 1.54) is 0 Å². The maximum Gasteiger partial charge on any atom is 0.222 e. The van der Waals surface area contributed by atoms with E-state index in [9.17, 15) is 4.79 Å². The molecule has 0 aromatic carbocycles. The number of aliphatic hydroxyl groups excluding tert-OH is 1. The quantitative estimate of drug-likeness (QED) is 0.609. The molecule has 1 saturated heterocycles. The first kappa shape index (κ1) is 13.4. The highest BCUT2D eigenvalue weighted by Crippen LogP contribution is 2.04. The Morgan fingerprint density at radius 3 is 3.06 bits per heavy atom. The van der Waals surface area contributed by atoms with E-state index >= 15 is 0 Å². The molecule has 16 heavy (non-hydrogen) atoms. The summed E-state index contributed by atoms with van der Waals surface area (Å²) in [5.74, 6) is 0.225. The van der Waals surface area contributed by atoms with E-state index in [4.69, 9.17) is 9.84 Å². The maximum atomic E-state index is 11.5. The zero-order valence-electron chi connectivity index (χ0n) is 9.95. The molecule has 1 fully saturated rings. The number of piperazine rings is 1. The first-order valence-electron chi connectivity index (χ1n) is 5.97. The van der Waals surface area contributed by atoms with Crippen LogP contribution >= 0.6 is 0 Å². The number of nitrogens with zero attached hydrogens (tertiary/aromatic N) is 1. The molecule has 1 heterocycles. The average Bonchev–Trinajstić information content (AvgIpc) is 2.34. The first-order chi connectivity index (χ1) is 7.77. The number of hydrogen-bond acceptors (Lipinski definition) is 4. The topological polar surface area (TPSA) is 61.8 Å². The smallest absolute Gasteiger partial charge is 0.222 e. The third kappa shape index (κ3) is 4.47. The largest absolute Gasteiger partial charge is 0.394 e. The molecular weight excluding hydrogens is 208 g/mol. The number of carbonyl (C=O) groups excluding carboxylic acids is 1. The zero-order valence-corrected chi connectivity index (χ0v) is 9.95. The summed E-state index contributed by atoms with van der Waals surface area (Å²) in [5, 5.41) is 11.9. The lowest BCUT2D eigenvalue weighted by Gasteiger charge is -2.33. The van der Waals surface area contributed by atoms with Gasteiger partial charge in [-0.3, -0.25) is 4.79 Å². The predicted octanol–water partition coefficient (Wildman–Crippen LogP) is -0.404. The van der Waals surface area contributed by atoms with Gasteiger partial charge < -0.3 is 20.1 Å². The highest BCUT2D eigenvalue weighted by atomic mass is 16.5. The van der Waals surface area contributed by atoms with E-state index in [-0.39, 0.29) is 12.5 Å². The van der Waals surface area contributed by atoms with Gasteiger partial charge >= 0.3 is 0 Å². The van der Waals surface area contributed by atoms with Gasteiger partial charge in [0.25, 0.3) is 0 Å². The first-order valence-corrected chi connectivity index (χ1v) is 5.97. The van der Waals surface area contributed by atoms with Gasteiger partial charge in [0.1, 0.15) is 0 Å². The Balaban J connectivity index is 2.20. The Morgan fingerprint density at radius 2 is 2.38 bits per heavy atom. The van der Waals surface area contributed by atoms with Gasteiger partial charge in [-0.15, -0.1) is 0 Å². The second kappa shape index (κ2) is 7.60. The molecule has 0 aromatic heterocycles. The van der Waals surface area contributed by atoms with Crippen LogP contribution in [0.5, 0.6) is 0 Å². The van der Waals surface area contributed by atoms with Gasteiger partial charge in [-0.05, 0) is 6.42 Å². The molecule has 1 aliphatic rings. The SMILES string of the molecule is CCC(=O)N1CCNC(CCOCCO)C1. The van der Waals surface area contributed by atoms with Crippen molar-refractivity contribution in [3.8, 4) is 0 Å². The summed E-state index contributed by atoms with van der Waals surface area (Å²) in [7, 11) is 0. The van der Waals surface area contributed by atoms with Crippen molar-refractivity contribution in [3.05, 3.63) is 0 Å². The summed E-state index contributed by atoms with van der Waals surface area (Å²) in [6.07, 6.45) is 1.46. The van der Waals surface area contributed by atoms with Crippen LogP contribution in [0.25, 0.3) is 0 Å². The highest BCUT2D eigenvalue weighted by molar-refractivity contribution is 5.75. The van der Waals surface area contributed by atoms with Crippen molar-refractivity contribution in [2.75, 3.05) is 39.5 Å². The lowest BCUT2D eigenvalue weighted by Crippen LogP contribution is -2.52. The minimum Gasteiger partial charge on any atom is -0.394 e. The molecule has 0 saturated carbocycles. The lowest BCUT2D eigenvalue weighted by molar-refractivity contribution is -0.132. The number of aliphatic hydroxyl groups is 1. The van der Waals surface area contributed by atoms with E-state index in [2.05, 4.69) is 5.32 Å². The van der Waals surface area contributed by atoms with Gasteiger partial charge in [0.05, 0.1) is 13.2 Å². The molecule has 1 rings (SSSR count). The summed E-state index contributed by atoms with van der Waals surface area (Å²) in [4.78, 5) is 13.4. The van der Waals surface area contributed by atoms with Crippen LogP contribution in [0, 0.1) is 0 Å². The van der Waals surface area contributed by atoms with Crippen LogP contribution in [0.2, 0.25) is 0 Å². The number of rotatable bonds is 6. The zero-order chi connectivity index (χ0) is 11.8. The van der Waals surface area contributed by atoms with Crippen LogP contribution in [0.1, 0.15) is 19.8 Å². The van der Waals surface area contributed by atoms with E-state index in [1.807, 2.05) is 11.8 Å². The Hall–Kier alpha value is -0.650. The fourth-order valence-electron chi connectivity index (χ4n) is 1.86. The Morgan fingerprint density at radius 1 is 1.56 bits per heavy atom. The van der Waals surface area contributed by atoms with E-state index in [0.717, 1.165) is 26.1 Å². The van der Waals surface area contributed by atoms with Crippen molar-refractivity contribution in [2.45, 2.75) is 25.8 Å². The molecule has 1 unspecified atom stereocenters. The van der Waals surface area contributed by atoms with Crippen molar-refractivity contribution in [3.63, 3.8) is 0 Å². The van der Waals surface area contributed by atoms with Crippen LogP contribution in [-0.4, -0.2) is 61.4 Å². The minimum atomic E-state index is 0.0680. The number of carbonyl (C=O) groups is 1. The third-order valence-corrected chi connectivity index (χ3v) is 2.76. The summed E-state index contributed by atoms with van der Waals surface area (Å²) in [6, 6.07) is 0.322. The number of ether oxygens (including phenoxy) is 1. The van der Waals surface area contributed by atoms with Gasteiger partial charge in [-0.1, -0.05) is 6.92 Å². The van der Waals surface area contributed by atoms with E-state index in [1.54, 1.807) is 0 Å². The molecule has 0 radical (unpaired) electrons. The fraction of sp³-hybridized carbons (Fsp3) is 0.909. The summed E-state index contributed by atoms with van der Waals surface area (Å²) < 4.78 is 5.21. The summed E-state index contributed by atoms with van der Waals surface area (Å²) in [6.45, 7) is 5.42. The lowest BCUT2D eigenvalue weighted by atomic mass is 10.1. The standard InChI is InChI=1S/C11H22N2O3/c1-2-11(15)13-5-4-12-10(9-13)3-7-16-8-6-14/h10,12,14H,2-9H2,1H3. The number of amides is 1. The Labute approximate surface area is 96.8 Å². The van der Waals surface area contributed by atoms with Gasteiger partial charge in [0.2, 0.25) is 5.91 Å². The van der Waals surface area contributed by atoms with Crippen LogP contribution in [0.3, 0.4) is 0 Å². The minimum absolute atomic E-state index is 0.0680. The monoisotopic (exact) mass is 230 g/mol. The second-order valence-electron chi connectivity index (χ2n) is 3.97. The van der Waals surface area contributed by atoms with Crippen molar-refractivity contribution in [2.24, 2.45) is 0 Å². The predicted molar refractivity (Wildman–Crippen MR) is 61.2 cm³/mol. The maximum absolute atomic E-state index is 11.5. The third-order valence-electron chi connectivity index (χ3n) is 2.76. The molecule has 0 aliphatic carbocycles. The molecule has 0 spiro atoms. The average molecular weight is 230 g/mol. The molecule has 5 nitrogen and oxygen atoms in total. The van der Waals surface area contributed by atoms with Gasteiger partial charge in [-0.25, -0.2) is 0 Å². The molecule has 1 aliphatic heterocycles. The Bertz CT molecular complexity index is 211. The molecular formula is C11H22N2O3. The molecule has 1 atom stereocenters. The second-order valence-corrected chi connectivity index (χ2v) is 3.97. The fourth-order valence-corrected chi connectivity index (χ4v) is 1.86. The van der Waals surface area contributed by atoms with Crippen molar-refractivity contribution < 1.29 is 14.6 Å². The molecule has 0 aromatic rings. The highest BCUT2D eigenvalue weighted by Gasteiger charge is 2.21. The van der Waals surface area contributed by atoms with Gasteiger partial charge in [-0.2, -0.15) is 0 Å². The van der Waals surface area contributed by atoms with Crippen molar-refractivity contribution >= 4 is 5.91 Å².